The molecule has 4 aliphatic rings. The first-order valence-electron chi connectivity index (χ1n) is 18.7. The molecule has 0 aromatic heterocycles. The molecule has 2 fully saturated rings. The molecule has 4 heterocycles. The van der Waals surface area contributed by atoms with Crippen molar-refractivity contribution in [2.24, 2.45) is 15.8 Å². The SMILES string of the molecule is C=C1C[C@H]2C=Nc3cc(OCC(C)(C)CCC(C)(C)CCOc4cc5c(cc4C)C(=O)N4CC(=C)C[C@H]4C(SO)N5C(C)C)c(OC)cc3C(=O)N2C1. The summed E-state index contributed by atoms with van der Waals surface area (Å²) >= 11 is 0.804. The smallest absolute Gasteiger partial charge is 0.257 e. The van der Waals surface area contributed by atoms with Crippen molar-refractivity contribution in [2.75, 3.05) is 38.3 Å². The molecule has 0 radical (unpaired) electrons. The Morgan fingerprint density at radius 3 is 2.26 bits per heavy atom. The standard InChI is InChI=1S/C42H56N4O6S/c1-25(2)46-33-20-35(28(5)17-31(33)39(48)45-23-27(4)16-34(45)40(46)53-49)51-14-13-41(6,7)11-12-42(8,9)24-52-37-19-32-30(18-36(37)50-10)38(47)44-22-26(3)15-29(44)21-43-32/h17-21,25,29,34,40,49H,3-4,11-16,22-24H2,1-2,5-10H3/t29-,34-,40?/m0/s1. The summed E-state index contributed by atoms with van der Waals surface area (Å²) in [5.41, 5.74) is 5.36. The van der Waals surface area contributed by atoms with E-state index in [-0.39, 0.29) is 46.1 Å². The summed E-state index contributed by atoms with van der Waals surface area (Å²) in [6.45, 7) is 25.4. The molecule has 10 nitrogen and oxygen atoms in total. The quantitative estimate of drug-likeness (QED) is 0.161. The maximum Gasteiger partial charge on any atom is 0.257 e. The molecule has 6 rings (SSSR count). The number of methoxy groups -OCH3 is 1. The molecule has 0 saturated carbocycles. The molecule has 1 N–H and O–H groups in total. The summed E-state index contributed by atoms with van der Waals surface area (Å²) < 4.78 is 29.0. The van der Waals surface area contributed by atoms with Crippen LogP contribution in [0.5, 0.6) is 17.2 Å². The van der Waals surface area contributed by atoms with Crippen molar-refractivity contribution in [1.29, 1.82) is 0 Å². The molecule has 2 aromatic carbocycles. The third-order valence-electron chi connectivity index (χ3n) is 11.2. The number of aryl methyl sites for hydroxylation is 1. The largest absolute Gasteiger partial charge is 0.493 e. The maximum atomic E-state index is 13.8. The molecule has 2 amide bonds. The van der Waals surface area contributed by atoms with E-state index in [9.17, 15) is 14.1 Å². The molecule has 286 valence electrons. The topological polar surface area (TPSA) is 104 Å². The zero-order chi connectivity index (χ0) is 38.4. The Hall–Kier alpha value is -3.96. The molecule has 4 aliphatic heterocycles. The van der Waals surface area contributed by atoms with Gasteiger partial charge in [-0.25, -0.2) is 0 Å². The second-order valence-corrected chi connectivity index (χ2v) is 17.7. The van der Waals surface area contributed by atoms with Crippen LogP contribution in [0, 0.1) is 17.8 Å². The highest BCUT2D eigenvalue weighted by Gasteiger charge is 2.45. The molecule has 1 unspecified atom stereocenters. The lowest BCUT2D eigenvalue weighted by molar-refractivity contribution is 0.0742. The normalized spacial score (nSPS) is 21.4. The van der Waals surface area contributed by atoms with Gasteiger partial charge in [-0.1, -0.05) is 52.0 Å². The summed E-state index contributed by atoms with van der Waals surface area (Å²) in [6, 6.07) is 7.34. The number of hydrogen-bond donors (Lipinski definition) is 1. The van der Waals surface area contributed by atoms with Crippen LogP contribution in [0.25, 0.3) is 0 Å². The second kappa shape index (κ2) is 15.1. The van der Waals surface area contributed by atoms with Crippen LogP contribution in [-0.4, -0.2) is 89.3 Å². The van der Waals surface area contributed by atoms with E-state index in [1.807, 2.05) is 41.1 Å². The van der Waals surface area contributed by atoms with E-state index in [0.717, 1.165) is 65.9 Å². The highest BCUT2D eigenvalue weighted by molar-refractivity contribution is 7.94. The number of ether oxygens (including phenoxy) is 3. The Balaban J connectivity index is 1.08. The van der Waals surface area contributed by atoms with Gasteiger partial charge in [0.2, 0.25) is 0 Å². The van der Waals surface area contributed by atoms with Gasteiger partial charge in [-0.2, -0.15) is 0 Å². The van der Waals surface area contributed by atoms with Crippen molar-refractivity contribution in [3.05, 3.63) is 65.3 Å². The Morgan fingerprint density at radius 1 is 0.887 bits per heavy atom. The minimum atomic E-state index is -0.309. The van der Waals surface area contributed by atoms with E-state index in [2.05, 4.69) is 64.6 Å². The van der Waals surface area contributed by atoms with Crippen molar-refractivity contribution < 1.29 is 28.4 Å². The van der Waals surface area contributed by atoms with Crippen molar-refractivity contribution in [3.8, 4) is 17.2 Å². The summed E-state index contributed by atoms with van der Waals surface area (Å²) in [5, 5.41) is -0.309. The van der Waals surface area contributed by atoms with Gasteiger partial charge in [0.1, 0.15) is 11.1 Å². The van der Waals surface area contributed by atoms with Gasteiger partial charge in [0.05, 0.1) is 54.9 Å². The summed E-state index contributed by atoms with van der Waals surface area (Å²) in [6.07, 6.45) is 5.99. The summed E-state index contributed by atoms with van der Waals surface area (Å²) in [4.78, 5) is 37.7. The summed E-state index contributed by atoms with van der Waals surface area (Å²) in [5.74, 6) is 1.76. The second-order valence-electron chi connectivity index (χ2n) is 17.1. The predicted molar refractivity (Wildman–Crippen MR) is 214 cm³/mol. The number of anilines is 1. The zero-order valence-electron chi connectivity index (χ0n) is 32.7. The molecule has 2 saturated heterocycles. The number of rotatable bonds is 13. The molecule has 0 aliphatic carbocycles. The monoisotopic (exact) mass is 744 g/mol. The lowest BCUT2D eigenvalue weighted by atomic mass is 9.78. The number of carbonyl (C=O) groups excluding carboxylic acids is 2. The van der Waals surface area contributed by atoms with Gasteiger partial charge in [-0.3, -0.25) is 14.6 Å². The molecule has 53 heavy (non-hydrogen) atoms. The van der Waals surface area contributed by atoms with Crippen molar-refractivity contribution >= 4 is 41.4 Å². The van der Waals surface area contributed by atoms with Crippen LogP contribution < -0.4 is 19.1 Å². The van der Waals surface area contributed by atoms with E-state index >= 15 is 0 Å². The Kier molecular flexibility index (Phi) is 11.0. The van der Waals surface area contributed by atoms with Crippen LogP contribution in [0.4, 0.5) is 11.4 Å². The van der Waals surface area contributed by atoms with Crippen molar-refractivity contribution in [3.63, 3.8) is 0 Å². The number of nitrogens with zero attached hydrogens (tertiary/aromatic N) is 4. The highest BCUT2D eigenvalue weighted by atomic mass is 32.2. The van der Waals surface area contributed by atoms with Gasteiger partial charge < -0.3 is 33.5 Å². The number of hydrogen-bond acceptors (Lipinski definition) is 9. The Bertz CT molecular complexity index is 1820. The molecular weight excluding hydrogens is 689 g/mol. The van der Waals surface area contributed by atoms with Crippen LogP contribution in [0.15, 0.2) is 53.6 Å². The van der Waals surface area contributed by atoms with E-state index in [0.29, 0.717) is 61.0 Å². The van der Waals surface area contributed by atoms with Crippen LogP contribution in [0.2, 0.25) is 0 Å². The lowest BCUT2D eigenvalue weighted by Gasteiger charge is -2.38. The number of fused-ring (bicyclic) bond motifs is 4. The zero-order valence-corrected chi connectivity index (χ0v) is 33.5. The number of benzene rings is 2. The fourth-order valence-electron chi connectivity index (χ4n) is 7.88. The Labute approximate surface area is 319 Å². The first-order valence-corrected chi connectivity index (χ1v) is 19.6. The van der Waals surface area contributed by atoms with Crippen molar-refractivity contribution in [1.82, 2.24) is 9.80 Å². The van der Waals surface area contributed by atoms with E-state index in [1.165, 1.54) is 0 Å². The van der Waals surface area contributed by atoms with Gasteiger partial charge in [0.15, 0.2) is 11.5 Å². The molecule has 3 atom stereocenters. The maximum absolute atomic E-state index is 13.8. The highest BCUT2D eigenvalue weighted by Crippen LogP contribution is 2.44. The van der Waals surface area contributed by atoms with Gasteiger partial charge in [0, 0.05) is 49.5 Å². The minimum Gasteiger partial charge on any atom is -0.493 e. The number of carbonyl (C=O) groups is 2. The molecule has 0 spiro atoms. The molecular formula is C42H56N4O6S. The molecule has 11 heteroatoms. The van der Waals surface area contributed by atoms with E-state index < -0.39 is 0 Å². The van der Waals surface area contributed by atoms with E-state index in [1.54, 1.807) is 13.2 Å². The van der Waals surface area contributed by atoms with Crippen LogP contribution in [0.3, 0.4) is 0 Å². The van der Waals surface area contributed by atoms with Gasteiger partial charge in [0.25, 0.3) is 11.8 Å². The van der Waals surface area contributed by atoms with Crippen LogP contribution in [0.1, 0.15) is 99.9 Å². The lowest BCUT2D eigenvalue weighted by Crippen LogP contribution is -2.49. The third kappa shape index (κ3) is 7.97. The molecule has 2 aromatic rings. The van der Waals surface area contributed by atoms with Crippen LogP contribution >= 0.6 is 12.0 Å². The number of aliphatic imine (C=N–C) groups is 1. The predicted octanol–water partition coefficient (Wildman–Crippen LogP) is 8.70. The van der Waals surface area contributed by atoms with Crippen molar-refractivity contribution in [2.45, 2.75) is 104 Å². The fourth-order valence-corrected chi connectivity index (χ4v) is 8.73. The average molecular weight is 745 g/mol. The van der Waals surface area contributed by atoms with E-state index in [4.69, 9.17) is 14.2 Å². The van der Waals surface area contributed by atoms with Gasteiger partial charge in [-0.15, -0.1) is 0 Å². The molecule has 0 bridgehead atoms. The first kappa shape index (κ1) is 38.8. The third-order valence-corrected chi connectivity index (χ3v) is 12.0. The first-order chi connectivity index (χ1) is 25.0. The minimum absolute atomic E-state index is 0.00191. The fraction of sp³-hybridized carbons (Fsp3) is 0.548. The Morgan fingerprint density at radius 2 is 1.57 bits per heavy atom. The summed E-state index contributed by atoms with van der Waals surface area (Å²) in [7, 11) is 1.59. The van der Waals surface area contributed by atoms with Gasteiger partial charge >= 0.3 is 0 Å². The van der Waals surface area contributed by atoms with Crippen LogP contribution in [-0.2, 0) is 0 Å². The average Bonchev–Trinajstić information content (AvgIpc) is 3.63. The number of amides is 2. The van der Waals surface area contributed by atoms with Gasteiger partial charge in [-0.05, 0) is 81.4 Å².